The van der Waals surface area contributed by atoms with Crippen LogP contribution in [0.3, 0.4) is 0 Å². The van der Waals surface area contributed by atoms with Crippen molar-refractivity contribution in [3.8, 4) is 6.07 Å². The average Bonchev–Trinajstić information content (AvgIpc) is 2.75. The first-order valence-corrected chi connectivity index (χ1v) is 11.5. The SMILES string of the molecule is C[C@H](CC(=O)CC#N)NC(=O)c1ccc(/C=C/C(c2cc(Cl)c(Cl)c(Cl)c2)C(F)(F)F)cc1C(F)(F)F. The quantitative estimate of drug-likeness (QED) is 0.252. The lowest BCUT2D eigenvalue weighted by Gasteiger charge is -2.19. The monoisotopic (exact) mass is 584 g/mol. The Balaban J connectivity index is 2.40. The Labute approximate surface area is 222 Å². The molecular weight excluding hydrogens is 569 g/mol. The zero-order valence-corrected chi connectivity index (χ0v) is 21.0. The highest BCUT2D eigenvalue weighted by Gasteiger charge is 2.40. The number of nitriles is 1. The number of hydrogen-bond donors (Lipinski definition) is 1. The molecule has 13 heteroatoms. The first-order valence-electron chi connectivity index (χ1n) is 10.3. The van der Waals surface area contributed by atoms with Crippen molar-refractivity contribution in [1.29, 1.82) is 5.26 Å². The summed E-state index contributed by atoms with van der Waals surface area (Å²) < 4.78 is 82.3. The van der Waals surface area contributed by atoms with Crippen molar-refractivity contribution in [1.82, 2.24) is 5.32 Å². The van der Waals surface area contributed by atoms with Crippen LogP contribution < -0.4 is 5.32 Å². The molecule has 0 saturated heterocycles. The second kappa shape index (κ2) is 12.2. The summed E-state index contributed by atoms with van der Waals surface area (Å²) >= 11 is 17.4. The number of nitrogens with zero attached hydrogens (tertiary/aromatic N) is 1. The van der Waals surface area contributed by atoms with E-state index in [-0.39, 0.29) is 32.6 Å². The maximum absolute atomic E-state index is 13.7. The lowest BCUT2D eigenvalue weighted by atomic mass is 9.96. The number of alkyl halides is 6. The highest BCUT2D eigenvalue weighted by atomic mass is 35.5. The number of hydrogen-bond acceptors (Lipinski definition) is 3. The van der Waals surface area contributed by atoms with Gasteiger partial charge in [-0.3, -0.25) is 9.59 Å². The van der Waals surface area contributed by atoms with Crippen LogP contribution >= 0.6 is 34.8 Å². The number of allylic oxidation sites excluding steroid dienone is 1. The van der Waals surface area contributed by atoms with E-state index >= 15 is 0 Å². The van der Waals surface area contributed by atoms with Crippen molar-refractivity contribution >= 4 is 52.6 Å². The van der Waals surface area contributed by atoms with Gasteiger partial charge < -0.3 is 5.32 Å². The highest BCUT2D eigenvalue weighted by Crippen LogP contribution is 2.41. The molecule has 37 heavy (non-hydrogen) atoms. The van der Waals surface area contributed by atoms with Gasteiger partial charge in [0, 0.05) is 12.5 Å². The van der Waals surface area contributed by atoms with E-state index in [0.717, 1.165) is 30.3 Å². The van der Waals surface area contributed by atoms with Gasteiger partial charge in [-0.15, -0.1) is 0 Å². The Morgan fingerprint density at radius 2 is 1.65 bits per heavy atom. The molecule has 4 nitrogen and oxygen atoms in total. The highest BCUT2D eigenvalue weighted by molar-refractivity contribution is 6.48. The summed E-state index contributed by atoms with van der Waals surface area (Å²) in [5.41, 5.74) is -2.81. The second-order valence-corrected chi connectivity index (χ2v) is 9.12. The molecule has 1 N–H and O–H groups in total. The summed E-state index contributed by atoms with van der Waals surface area (Å²) in [6.07, 6.45) is -9.08. The van der Waals surface area contributed by atoms with E-state index in [1.807, 2.05) is 0 Å². The third-order valence-electron chi connectivity index (χ3n) is 4.98. The van der Waals surface area contributed by atoms with Gasteiger partial charge in [-0.25, -0.2) is 0 Å². The summed E-state index contributed by atoms with van der Waals surface area (Å²) in [4.78, 5) is 24.0. The molecule has 0 saturated carbocycles. The fraction of sp³-hybridized carbons (Fsp3) is 0.292. The third kappa shape index (κ3) is 8.38. The Morgan fingerprint density at radius 3 is 2.16 bits per heavy atom. The molecule has 198 valence electrons. The van der Waals surface area contributed by atoms with Crippen LogP contribution in [0.4, 0.5) is 26.3 Å². The molecule has 0 aliphatic rings. The van der Waals surface area contributed by atoms with Crippen LogP contribution in [0.25, 0.3) is 6.08 Å². The van der Waals surface area contributed by atoms with Crippen molar-refractivity contribution in [2.24, 2.45) is 0 Å². The molecular formula is C24H17Cl3F6N2O2. The predicted octanol–water partition coefficient (Wildman–Crippen LogP) is 8.02. The Bertz CT molecular complexity index is 1230. The minimum atomic E-state index is -5.02. The van der Waals surface area contributed by atoms with Crippen LogP contribution in [0.5, 0.6) is 0 Å². The van der Waals surface area contributed by atoms with E-state index in [1.165, 1.54) is 6.92 Å². The maximum atomic E-state index is 13.7. The summed E-state index contributed by atoms with van der Waals surface area (Å²) in [7, 11) is 0. The molecule has 1 unspecified atom stereocenters. The molecule has 0 spiro atoms. The Morgan fingerprint density at radius 1 is 1.05 bits per heavy atom. The number of halogens is 9. The molecule has 2 rings (SSSR count). The molecule has 2 atom stereocenters. The van der Waals surface area contributed by atoms with Gasteiger partial charge in [-0.05, 0) is 42.3 Å². The normalized spacial score (nSPS) is 13.8. The predicted molar refractivity (Wildman–Crippen MR) is 128 cm³/mol. The van der Waals surface area contributed by atoms with Crippen molar-refractivity contribution in [2.75, 3.05) is 0 Å². The van der Waals surface area contributed by atoms with Crippen LogP contribution in [-0.2, 0) is 11.0 Å². The third-order valence-corrected chi connectivity index (χ3v) is 6.18. The Kier molecular flexibility index (Phi) is 10.1. The molecule has 0 aromatic heterocycles. The molecule has 0 bridgehead atoms. The minimum absolute atomic E-state index is 0.149. The molecule has 0 aliphatic heterocycles. The maximum Gasteiger partial charge on any atom is 0.417 e. The van der Waals surface area contributed by atoms with Gasteiger partial charge in [-0.1, -0.05) is 53.0 Å². The number of rotatable bonds is 8. The fourth-order valence-corrected chi connectivity index (χ4v) is 3.94. The molecule has 0 aliphatic carbocycles. The molecule has 2 aromatic rings. The topological polar surface area (TPSA) is 70.0 Å². The number of benzene rings is 2. The van der Waals surface area contributed by atoms with Crippen LogP contribution in [0.2, 0.25) is 15.1 Å². The van der Waals surface area contributed by atoms with E-state index in [1.54, 1.807) is 6.07 Å². The van der Waals surface area contributed by atoms with Gasteiger partial charge in [0.2, 0.25) is 0 Å². The molecule has 0 radical (unpaired) electrons. The van der Waals surface area contributed by atoms with Crippen molar-refractivity contribution in [3.05, 3.63) is 73.7 Å². The summed E-state index contributed by atoms with van der Waals surface area (Å²) in [5, 5.41) is 10.2. The first-order chi connectivity index (χ1) is 17.0. The van der Waals surface area contributed by atoms with Gasteiger partial charge in [0.1, 0.15) is 5.78 Å². The number of ketones is 1. The molecule has 0 fully saturated rings. The standard InChI is InChI=1S/C24H17Cl3F6N2O2/c1-12(8-15(36)6-7-34)35-22(37)16-4-2-13(9-18(16)24(31,32)33)3-5-17(23(28,29)30)14-10-19(25)21(27)20(26)11-14/h2-5,9-12,17H,6,8H2,1H3,(H,35,37)/b5-3+/t12-,17?/m1/s1. The number of amides is 1. The van der Waals surface area contributed by atoms with Crippen LogP contribution in [-0.4, -0.2) is 23.9 Å². The average molecular weight is 586 g/mol. The van der Waals surface area contributed by atoms with Crippen LogP contribution in [0.15, 0.2) is 36.4 Å². The van der Waals surface area contributed by atoms with E-state index in [4.69, 9.17) is 40.1 Å². The molecule has 1 amide bonds. The number of Topliss-reactive ketones (excluding diaryl/α,β-unsaturated/α-hetero) is 1. The van der Waals surface area contributed by atoms with Gasteiger partial charge in [0.15, 0.2) is 0 Å². The molecule has 0 heterocycles. The number of nitrogens with one attached hydrogen (secondary N) is 1. The minimum Gasteiger partial charge on any atom is -0.349 e. The number of carbonyl (C=O) groups excluding carboxylic acids is 2. The zero-order valence-electron chi connectivity index (χ0n) is 18.8. The Hall–Kier alpha value is -2.74. The van der Waals surface area contributed by atoms with Gasteiger partial charge in [0.05, 0.1) is 44.6 Å². The van der Waals surface area contributed by atoms with E-state index in [0.29, 0.717) is 12.1 Å². The largest absolute Gasteiger partial charge is 0.417 e. The van der Waals surface area contributed by atoms with Gasteiger partial charge in [-0.2, -0.15) is 31.6 Å². The van der Waals surface area contributed by atoms with E-state index in [9.17, 15) is 35.9 Å². The smallest absolute Gasteiger partial charge is 0.349 e. The van der Waals surface area contributed by atoms with Crippen molar-refractivity contribution in [3.63, 3.8) is 0 Å². The lowest BCUT2D eigenvalue weighted by Crippen LogP contribution is -2.35. The van der Waals surface area contributed by atoms with Gasteiger partial charge >= 0.3 is 12.4 Å². The summed E-state index contributed by atoms with van der Waals surface area (Å²) in [5.74, 6) is -3.92. The summed E-state index contributed by atoms with van der Waals surface area (Å²) in [6, 6.07) is 5.08. The lowest BCUT2D eigenvalue weighted by molar-refractivity contribution is -0.139. The van der Waals surface area contributed by atoms with E-state index in [2.05, 4.69) is 5.32 Å². The van der Waals surface area contributed by atoms with Gasteiger partial charge in [0.25, 0.3) is 5.91 Å². The summed E-state index contributed by atoms with van der Waals surface area (Å²) in [6.45, 7) is 1.38. The molecule has 2 aromatic carbocycles. The zero-order chi connectivity index (χ0) is 28.1. The van der Waals surface area contributed by atoms with E-state index < -0.39 is 53.6 Å². The van der Waals surface area contributed by atoms with Crippen LogP contribution in [0.1, 0.15) is 52.7 Å². The first kappa shape index (κ1) is 30.5. The van der Waals surface area contributed by atoms with Crippen molar-refractivity contribution in [2.45, 2.75) is 44.1 Å². The fourth-order valence-electron chi connectivity index (χ4n) is 3.32. The van der Waals surface area contributed by atoms with Crippen molar-refractivity contribution < 1.29 is 35.9 Å². The number of carbonyl (C=O) groups is 2. The second-order valence-electron chi connectivity index (χ2n) is 7.93. The van der Waals surface area contributed by atoms with Crippen LogP contribution in [0, 0.1) is 11.3 Å².